The maximum Gasteiger partial charge on any atom is 0.453 e. The summed E-state index contributed by atoms with van der Waals surface area (Å²) in [5.74, 6) is -1.57. The summed E-state index contributed by atoms with van der Waals surface area (Å²) in [4.78, 5) is 10.5. The van der Waals surface area contributed by atoms with Gasteiger partial charge in [-0.3, -0.25) is 4.79 Å². The van der Waals surface area contributed by atoms with E-state index in [1.807, 2.05) is 0 Å². The van der Waals surface area contributed by atoms with Gasteiger partial charge in [-0.15, -0.1) is 0 Å². The predicted octanol–water partition coefficient (Wildman–Crippen LogP) is 2.02. The molecule has 0 bridgehead atoms. The number of halogens is 7. The Hall–Kier alpha value is -0.510. The largest absolute Gasteiger partial charge is 0.453 e. The van der Waals surface area contributed by atoms with E-state index >= 15 is 0 Å². The van der Waals surface area contributed by atoms with Crippen molar-refractivity contribution in [2.45, 2.75) is 18.1 Å². The normalized spacial score (nSPS) is 22.3. The van der Waals surface area contributed by atoms with E-state index in [-0.39, 0.29) is 4.90 Å². The lowest BCUT2D eigenvalue weighted by Crippen LogP contribution is -2.65. The molecule has 0 unspecified atom stereocenters. The number of rotatable bonds is 1. The van der Waals surface area contributed by atoms with Crippen molar-refractivity contribution in [3.8, 4) is 0 Å². The first-order chi connectivity index (χ1) is 7.06. The van der Waals surface area contributed by atoms with Crippen molar-refractivity contribution in [1.29, 1.82) is 0 Å². The van der Waals surface area contributed by atoms with Crippen LogP contribution in [0, 0.1) is 0 Å². The minimum Gasteiger partial charge on any atom is -0.424 e. The Morgan fingerprint density at radius 1 is 1.25 bits per heavy atom. The number of hydrogen-bond acceptors (Lipinski definition) is 3. The van der Waals surface area contributed by atoms with Crippen LogP contribution in [0.15, 0.2) is 0 Å². The summed E-state index contributed by atoms with van der Waals surface area (Å²) in [7, 11) is 0. The molecule has 1 rings (SSSR count). The zero-order chi connectivity index (χ0) is 12.8. The molecular formula is C6H4BrF6NO2. The molecule has 0 amide bonds. The summed E-state index contributed by atoms with van der Waals surface area (Å²) in [6, 6.07) is 0. The second-order valence-electron chi connectivity index (χ2n) is 2.93. The Morgan fingerprint density at radius 3 is 1.94 bits per heavy atom. The molecule has 94 valence electrons. The summed E-state index contributed by atoms with van der Waals surface area (Å²) in [5.41, 5.74) is -5.35. The van der Waals surface area contributed by atoms with Crippen molar-refractivity contribution in [1.82, 2.24) is 4.90 Å². The molecule has 0 atom stereocenters. The van der Waals surface area contributed by atoms with E-state index < -0.39 is 36.0 Å². The Kier molecular flexibility index (Phi) is 3.18. The highest BCUT2D eigenvalue weighted by atomic mass is 79.9. The minimum atomic E-state index is -5.76. The predicted molar refractivity (Wildman–Crippen MR) is 41.4 cm³/mol. The zero-order valence-corrected chi connectivity index (χ0v) is 8.91. The van der Waals surface area contributed by atoms with Gasteiger partial charge in [-0.25, -0.2) is 4.90 Å². The van der Waals surface area contributed by atoms with Gasteiger partial charge < -0.3 is 4.74 Å². The average Bonchev–Trinajstić information content (AvgIpc) is 2.40. The fraction of sp³-hybridized carbons (Fsp3) is 0.833. The number of esters is 1. The quantitative estimate of drug-likeness (QED) is 0.321. The second-order valence-corrected chi connectivity index (χ2v) is 3.43. The van der Waals surface area contributed by atoms with Gasteiger partial charge in [-0.1, -0.05) is 15.9 Å². The van der Waals surface area contributed by atoms with Crippen molar-refractivity contribution < 1.29 is 35.9 Å². The monoisotopic (exact) mass is 315 g/mol. The highest BCUT2D eigenvalue weighted by Crippen LogP contribution is 2.50. The molecule has 0 aromatic carbocycles. The molecular weight excluding hydrogens is 312 g/mol. The van der Waals surface area contributed by atoms with Gasteiger partial charge in [-0.05, 0) is 0 Å². The lowest BCUT2D eigenvalue weighted by Gasteiger charge is -2.36. The first-order valence-corrected chi connectivity index (χ1v) is 4.84. The Labute approximate surface area is 93.5 Å². The van der Waals surface area contributed by atoms with E-state index in [0.29, 0.717) is 0 Å². The van der Waals surface area contributed by atoms with E-state index in [0.717, 1.165) is 0 Å². The fourth-order valence-electron chi connectivity index (χ4n) is 1.29. The summed E-state index contributed by atoms with van der Waals surface area (Å²) >= 11 is 2.46. The highest BCUT2D eigenvalue weighted by Gasteiger charge is 2.79. The van der Waals surface area contributed by atoms with Gasteiger partial charge in [-0.2, -0.15) is 26.3 Å². The second kappa shape index (κ2) is 3.76. The smallest absolute Gasteiger partial charge is 0.424 e. The third-order valence-corrected chi connectivity index (χ3v) is 2.54. The zero-order valence-electron chi connectivity index (χ0n) is 7.32. The number of cyclic esters (lactones) is 1. The van der Waals surface area contributed by atoms with Crippen molar-refractivity contribution in [2.24, 2.45) is 0 Å². The summed E-state index contributed by atoms with van der Waals surface area (Å²) in [5, 5.41) is 0. The number of ether oxygens (including phenoxy) is 1. The van der Waals surface area contributed by atoms with Gasteiger partial charge in [0.15, 0.2) is 0 Å². The highest BCUT2D eigenvalue weighted by molar-refractivity contribution is 9.09. The van der Waals surface area contributed by atoms with Crippen LogP contribution in [0.5, 0.6) is 0 Å². The number of alkyl halides is 7. The van der Waals surface area contributed by atoms with Gasteiger partial charge in [0.1, 0.15) is 6.54 Å². The molecule has 0 N–H and O–H groups in total. The van der Waals surface area contributed by atoms with Crippen molar-refractivity contribution in [2.75, 3.05) is 12.0 Å². The van der Waals surface area contributed by atoms with Crippen LogP contribution in [0.4, 0.5) is 26.3 Å². The minimum absolute atomic E-state index is 0.171. The topological polar surface area (TPSA) is 29.5 Å². The van der Waals surface area contributed by atoms with Crippen LogP contribution in [0.2, 0.25) is 0 Å². The molecule has 3 nitrogen and oxygen atoms in total. The van der Waals surface area contributed by atoms with Crippen LogP contribution in [-0.2, 0) is 9.53 Å². The van der Waals surface area contributed by atoms with Gasteiger partial charge in [0, 0.05) is 0 Å². The molecule has 0 radical (unpaired) electrons. The van der Waals surface area contributed by atoms with Gasteiger partial charge in [0.05, 0.1) is 5.45 Å². The maximum atomic E-state index is 12.5. The number of carbonyl (C=O) groups excluding carboxylic acids is 1. The third kappa shape index (κ3) is 1.77. The lowest BCUT2D eigenvalue weighted by atomic mass is 10.2. The van der Waals surface area contributed by atoms with E-state index in [9.17, 15) is 31.1 Å². The van der Waals surface area contributed by atoms with Crippen LogP contribution in [0.3, 0.4) is 0 Å². The standard InChI is InChI=1S/C6H4BrF6NO2/c7-2-14-1-3(15)16-4(14,5(8,9)10)6(11,12)13/h1-2H2. The number of hydrogen-bond donors (Lipinski definition) is 0. The molecule has 1 heterocycles. The first kappa shape index (κ1) is 13.6. The van der Waals surface area contributed by atoms with Gasteiger partial charge in [0.25, 0.3) is 0 Å². The molecule has 10 heteroatoms. The van der Waals surface area contributed by atoms with E-state index in [1.165, 1.54) is 0 Å². The SMILES string of the molecule is O=C1CN(CBr)C(C(F)(F)F)(C(F)(F)F)O1. The third-order valence-electron chi connectivity index (χ3n) is 1.94. The van der Waals surface area contributed by atoms with E-state index in [4.69, 9.17) is 0 Å². The summed E-state index contributed by atoms with van der Waals surface area (Å²) in [6.07, 6.45) is -11.5. The molecule has 0 saturated carbocycles. The number of carbonyl (C=O) groups is 1. The number of nitrogens with zero attached hydrogens (tertiary/aromatic N) is 1. The van der Waals surface area contributed by atoms with Crippen LogP contribution < -0.4 is 0 Å². The van der Waals surface area contributed by atoms with Crippen molar-refractivity contribution in [3.05, 3.63) is 0 Å². The molecule has 16 heavy (non-hydrogen) atoms. The molecule has 1 fully saturated rings. The van der Waals surface area contributed by atoms with Gasteiger partial charge in [0.2, 0.25) is 0 Å². The van der Waals surface area contributed by atoms with E-state index in [2.05, 4.69) is 20.7 Å². The van der Waals surface area contributed by atoms with E-state index in [1.54, 1.807) is 0 Å². The molecule has 1 aliphatic rings. The van der Waals surface area contributed by atoms with Gasteiger partial charge >= 0.3 is 24.0 Å². The Bertz CT molecular complexity index is 286. The van der Waals surface area contributed by atoms with Crippen LogP contribution >= 0.6 is 15.9 Å². The Balaban J connectivity index is 3.30. The molecule has 0 spiro atoms. The van der Waals surface area contributed by atoms with Crippen molar-refractivity contribution in [3.63, 3.8) is 0 Å². The van der Waals surface area contributed by atoms with Crippen LogP contribution in [0.25, 0.3) is 0 Å². The van der Waals surface area contributed by atoms with Crippen LogP contribution in [0.1, 0.15) is 0 Å². The Morgan fingerprint density at radius 2 is 1.69 bits per heavy atom. The molecule has 0 aromatic rings. The van der Waals surface area contributed by atoms with Crippen molar-refractivity contribution >= 4 is 21.9 Å². The average molecular weight is 316 g/mol. The first-order valence-electron chi connectivity index (χ1n) is 3.72. The molecule has 1 aliphatic heterocycles. The summed E-state index contributed by atoms with van der Waals surface area (Å²) < 4.78 is 78.3. The molecule has 1 saturated heterocycles. The lowest BCUT2D eigenvalue weighted by molar-refractivity contribution is -0.397. The molecule has 0 aliphatic carbocycles. The van der Waals surface area contributed by atoms with Crippen LogP contribution in [-0.4, -0.2) is 40.9 Å². The fourth-order valence-corrected chi connectivity index (χ4v) is 1.82. The summed E-state index contributed by atoms with van der Waals surface area (Å²) in [6.45, 7) is -1.08. The molecule has 0 aromatic heterocycles. The maximum absolute atomic E-state index is 12.5.